The van der Waals surface area contributed by atoms with Crippen molar-refractivity contribution in [2.45, 2.75) is 37.8 Å². The molecule has 1 aromatic rings. The average molecular weight is 303 g/mol. The number of carbonyl (C=O) groups excluding carboxylic acids is 1. The van der Waals surface area contributed by atoms with E-state index in [-0.39, 0.29) is 5.91 Å². The fraction of sp³-hybridized carbons (Fsp3) is 0.588. The van der Waals surface area contributed by atoms with Crippen molar-refractivity contribution in [3.05, 3.63) is 35.9 Å². The highest BCUT2D eigenvalue weighted by molar-refractivity contribution is 5.80. The molecule has 2 saturated heterocycles. The van der Waals surface area contributed by atoms with Gasteiger partial charge in [0.05, 0.1) is 0 Å². The molecule has 1 amide bonds. The summed E-state index contributed by atoms with van der Waals surface area (Å²) >= 11 is 0. The minimum atomic E-state index is -0.889. The molecule has 1 aromatic carbocycles. The molecule has 3 unspecified atom stereocenters. The number of aliphatic hydroxyl groups is 1. The van der Waals surface area contributed by atoms with Gasteiger partial charge in [0, 0.05) is 31.6 Å². The zero-order valence-electron chi connectivity index (χ0n) is 13.0. The van der Waals surface area contributed by atoms with E-state index >= 15 is 0 Å². The molecule has 22 heavy (non-hydrogen) atoms. The molecule has 3 rings (SSSR count). The fourth-order valence-corrected chi connectivity index (χ4v) is 3.73. The number of rotatable bonds is 3. The highest BCUT2D eigenvalue weighted by Gasteiger charge is 2.37. The van der Waals surface area contributed by atoms with E-state index in [1.807, 2.05) is 0 Å². The first-order valence-corrected chi connectivity index (χ1v) is 8.17. The summed E-state index contributed by atoms with van der Waals surface area (Å²) in [6.07, 6.45) is 1.09. The SMILES string of the molecule is CC(O)C(=O)N1CCC(C2NNCC2c2ccccc2)CC1. The molecular weight excluding hydrogens is 278 g/mol. The second-order valence-corrected chi connectivity index (χ2v) is 6.41. The zero-order chi connectivity index (χ0) is 15.5. The second-order valence-electron chi connectivity index (χ2n) is 6.41. The molecule has 0 bridgehead atoms. The number of hydrazine groups is 1. The van der Waals surface area contributed by atoms with Crippen LogP contribution in [0.4, 0.5) is 0 Å². The number of nitrogens with one attached hydrogen (secondary N) is 2. The minimum absolute atomic E-state index is 0.143. The smallest absolute Gasteiger partial charge is 0.251 e. The Morgan fingerprint density at radius 2 is 1.95 bits per heavy atom. The molecule has 0 saturated carbocycles. The number of piperidine rings is 1. The Morgan fingerprint density at radius 1 is 1.27 bits per heavy atom. The van der Waals surface area contributed by atoms with Crippen LogP contribution in [0.25, 0.3) is 0 Å². The van der Waals surface area contributed by atoms with Crippen LogP contribution in [0.5, 0.6) is 0 Å². The predicted octanol–water partition coefficient (Wildman–Crippen LogP) is 0.866. The average Bonchev–Trinajstić information content (AvgIpc) is 3.04. The fourth-order valence-electron chi connectivity index (χ4n) is 3.73. The molecule has 120 valence electrons. The largest absolute Gasteiger partial charge is 0.384 e. The molecule has 2 fully saturated rings. The van der Waals surface area contributed by atoms with Gasteiger partial charge in [0.2, 0.25) is 0 Å². The van der Waals surface area contributed by atoms with Crippen molar-refractivity contribution in [3.63, 3.8) is 0 Å². The van der Waals surface area contributed by atoms with Crippen LogP contribution in [0.2, 0.25) is 0 Å². The number of hydrogen-bond acceptors (Lipinski definition) is 4. The third-order valence-electron chi connectivity index (χ3n) is 4.97. The summed E-state index contributed by atoms with van der Waals surface area (Å²) in [6, 6.07) is 11.0. The van der Waals surface area contributed by atoms with Gasteiger partial charge in [-0.2, -0.15) is 0 Å². The molecule has 2 aliphatic rings. The monoisotopic (exact) mass is 303 g/mol. The molecule has 5 nitrogen and oxygen atoms in total. The molecule has 3 N–H and O–H groups in total. The highest BCUT2D eigenvalue weighted by Crippen LogP contribution is 2.32. The van der Waals surface area contributed by atoms with Gasteiger partial charge < -0.3 is 10.0 Å². The third-order valence-corrected chi connectivity index (χ3v) is 4.97. The summed E-state index contributed by atoms with van der Waals surface area (Å²) in [6.45, 7) is 3.98. The molecule has 2 heterocycles. The normalized spacial score (nSPS) is 27.8. The molecule has 0 aromatic heterocycles. The Labute approximate surface area is 131 Å². The summed E-state index contributed by atoms with van der Waals surface area (Å²) in [5.74, 6) is 0.888. The Morgan fingerprint density at radius 3 is 2.59 bits per heavy atom. The van der Waals surface area contributed by atoms with E-state index in [0.29, 0.717) is 17.9 Å². The van der Waals surface area contributed by atoms with Crippen molar-refractivity contribution in [1.29, 1.82) is 0 Å². The lowest BCUT2D eigenvalue weighted by atomic mass is 9.80. The van der Waals surface area contributed by atoms with Crippen molar-refractivity contribution in [2.75, 3.05) is 19.6 Å². The standard InChI is InChI=1S/C17H25N3O2/c1-12(21)17(22)20-9-7-14(8-10-20)16-15(11-18-19-16)13-5-3-2-4-6-13/h2-6,12,14-16,18-19,21H,7-11H2,1H3. The number of amides is 1. The van der Waals surface area contributed by atoms with Gasteiger partial charge in [-0.05, 0) is 31.2 Å². The van der Waals surface area contributed by atoms with Gasteiger partial charge in [-0.25, -0.2) is 0 Å². The lowest BCUT2D eigenvalue weighted by Crippen LogP contribution is -2.47. The van der Waals surface area contributed by atoms with Crippen LogP contribution in [0.1, 0.15) is 31.2 Å². The quantitative estimate of drug-likeness (QED) is 0.775. The van der Waals surface area contributed by atoms with Gasteiger partial charge in [0.25, 0.3) is 5.91 Å². The van der Waals surface area contributed by atoms with E-state index in [9.17, 15) is 9.90 Å². The van der Waals surface area contributed by atoms with E-state index < -0.39 is 6.10 Å². The van der Waals surface area contributed by atoms with Crippen molar-refractivity contribution in [3.8, 4) is 0 Å². The first-order valence-electron chi connectivity index (χ1n) is 8.17. The van der Waals surface area contributed by atoms with E-state index in [1.165, 1.54) is 5.56 Å². The van der Waals surface area contributed by atoms with Crippen LogP contribution >= 0.6 is 0 Å². The predicted molar refractivity (Wildman–Crippen MR) is 85.1 cm³/mol. The maximum absolute atomic E-state index is 11.9. The summed E-state index contributed by atoms with van der Waals surface area (Å²) in [5.41, 5.74) is 8.11. The molecule has 3 atom stereocenters. The lowest BCUT2D eigenvalue weighted by Gasteiger charge is -2.37. The Bertz CT molecular complexity index is 498. The zero-order valence-corrected chi connectivity index (χ0v) is 13.0. The van der Waals surface area contributed by atoms with Crippen molar-refractivity contribution < 1.29 is 9.90 Å². The number of nitrogens with zero attached hydrogens (tertiary/aromatic N) is 1. The number of hydrogen-bond donors (Lipinski definition) is 3. The molecule has 0 radical (unpaired) electrons. The van der Waals surface area contributed by atoms with Crippen molar-refractivity contribution in [1.82, 2.24) is 15.8 Å². The van der Waals surface area contributed by atoms with Crippen LogP contribution in [0.15, 0.2) is 30.3 Å². The summed E-state index contributed by atoms with van der Waals surface area (Å²) in [4.78, 5) is 13.7. The van der Waals surface area contributed by atoms with Crippen molar-refractivity contribution in [2.24, 2.45) is 5.92 Å². The molecule has 0 aliphatic carbocycles. The molecule has 5 heteroatoms. The van der Waals surface area contributed by atoms with Crippen LogP contribution in [-0.2, 0) is 4.79 Å². The van der Waals surface area contributed by atoms with Gasteiger partial charge in [-0.1, -0.05) is 30.3 Å². The number of aliphatic hydroxyl groups excluding tert-OH is 1. The maximum atomic E-state index is 11.9. The van der Waals surface area contributed by atoms with Crippen LogP contribution in [-0.4, -0.2) is 47.7 Å². The van der Waals surface area contributed by atoms with Gasteiger partial charge in [0.15, 0.2) is 0 Å². The summed E-state index contributed by atoms with van der Waals surface area (Å²) in [5, 5.41) is 9.43. The topological polar surface area (TPSA) is 64.6 Å². The Balaban J connectivity index is 1.62. The van der Waals surface area contributed by atoms with Crippen LogP contribution in [0.3, 0.4) is 0 Å². The van der Waals surface area contributed by atoms with Crippen molar-refractivity contribution >= 4 is 5.91 Å². The van der Waals surface area contributed by atoms with Crippen LogP contribution in [0, 0.1) is 5.92 Å². The van der Waals surface area contributed by atoms with Gasteiger partial charge in [0.1, 0.15) is 6.10 Å². The van der Waals surface area contributed by atoms with E-state index in [4.69, 9.17) is 0 Å². The number of likely N-dealkylation sites (tertiary alicyclic amines) is 1. The first-order chi connectivity index (χ1) is 10.7. The first kappa shape index (κ1) is 15.5. The van der Waals surface area contributed by atoms with E-state index in [0.717, 1.165) is 32.5 Å². The Kier molecular flexibility index (Phi) is 4.76. The van der Waals surface area contributed by atoms with E-state index in [1.54, 1.807) is 11.8 Å². The number of carbonyl (C=O) groups is 1. The summed E-state index contributed by atoms with van der Waals surface area (Å²) in [7, 11) is 0. The second kappa shape index (κ2) is 6.77. The lowest BCUT2D eigenvalue weighted by molar-refractivity contribution is -0.140. The third kappa shape index (κ3) is 3.16. The minimum Gasteiger partial charge on any atom is -0.384 e. The maximum Gasteiger partial charge on any atom is 0.251 e. The van der Waals surface area contributed by atoms with E-state index in [2.05, 4.69) is 41.2 Å². The number of benzene rings is 1. The molecule has 2 aliphatic heterocycles. The van der Waals surface area contributed by atoms with Gasteiger partial charge in [-0.15, -0.1) is 0 Å². The Hall–Kier alpha value is -1.43. The molecular formula is C17H25N3O2. The molecule has 0 spiro atoms. The summed E-state index contributed by atoms with van der Waals surface area (Å²) < 4.78 is 0. The van der Waals surface area contributed by atoms with Crippen LogP contribution < -0.4 is 10.9 Å². The highest BCUT2D eigenvalue weighted by atomic mass is 16.3. The van der Waals surface area contributed by atoms with Gasteiger partial charge >= 0.3 is 0 Å². The van der Waals surface area contributed by atoms with Gasteiger partial charge in [-0.3, -0.25) is 15.6 Å².